The number of halogens is 1. The van der Waals surface area contributed by atoms with Gasteiger partial charge in [0.15, 0.2) is 0 Å². The Labute approximate surface area is 149 Å². The highest BCUT2D eigenvalue weighted by atomic mass is 19.1. The third-order valence-corrected chi connectivity index (χ3v) is 5.58. The largest absolute Gasteiger partial charge is 0.206 e. The molecule has 1 aliphatic carbocycles. The van der Waals surface area contributed by atoms with Crippen LogP contribution in [-0.2, 0) is 6.42 Å². The van der Waals surface area contributed by atoms with Crippen molar-refractivity contribution >= 4 is 0 Å². The summed E-state index contributed by atoms with van der Waals surface area (Å²) in [5.74, 6) is 1.02. The zero-order chi connectivity index (χ0) is 17.4. The zero-order valence-corrected chi connectivity index (χ0v) is 14.7. The highest BCUT2D eigenvalue weighted by Crippen LogP contribution is 2.47. The van der Waals surface area contributed by atoms with Crippen LogP contribution in [0.5, 0.6) is 0 Å². The van der Waals surface area contributed by atoms with Gasteiger partial charge >= 0.3 is 0 Å². The summed E-state index contributed by atoms with van der Waals surface area (Å²) < 4.78 is 15.5. The summed E-state index contributed by atoms with van der Waals surface area (Å²) >= 11 is 0. The van der Waals surface area contributed by atoms with Gasteiger partial charge in [-0.25, -0.2) is 4.39 Å². The van der Waals surface area contributed by atoms with Gasteiger partial charge in [-0.15, -0.1) is 0 Å². The molecule has 0 heterocycles. The first-order chi connectivity index (χ1) is 12.2. The molecule has 25 heavy (non-hydrogen) atoms. The molecule has 0 bridgehead atoms. The molecule has 0 spiro atoms. The van der Waals surface area contributed by atoms with Crippen LogP contribution in [0.4, 0.5) is 4.39 Å². The molecular weight excluding hydrogens is 307 g/mol. The lowest BCUT2D eigenvalue weighted by Gasteiger charge is -2.25. The van der Waals surface area contributed by atoms with E-state index in [4.69, 9.17) is 0 Å². The molecular formula is C24H23F. The molecule has 0 nitrogen and oxygen atoms in total. The maximum absolute atomic E-state index is 15.5. The van der Waals surface area contributed by atoms with Crippen molar-refractivity contribution in [2.45, 2.75) is 26.2 Å². The lowest BCUT2D eigenvalue weighted by Crippen LogP contribution is -2.17. The van der Waals surface area contributed by atoms with E-state index < -0.39 is 0 Å². The summed E-state index contributed by atoms with van der Waals surface area (Å²) in [5.41, 5.74) is 5.14. The molecule has 0 radical (unpaired) electrons. The molecule has 0 aliphatic heterocycles. The summed E-state index contributed by atoms with van der Waals surface area (Å²) in [5, 5.41) is 0. The van der Waals surface area contributed by atoms with Gasteiger partial charge in [0.1, 0.15) is 5.82 Å². The van der Waals surface area contributed by atoms with Gasteiger partial charge in [0.2, 0.25) is 0 Å². The minimum atomic E-state index is -0.0685. The second-order valence-electron chi connectivity index (χ2n) is 7.36. The maximum Gasteiger partial charge on any atom is 0.134 e. The van der Waals surface area contributed by atoms with E-state index in [1.54, 1.807) is 0 Å². The van der Waals surface area contributed by atoms with E-state index in [0.717, 1.165) is 17.5 Å². The zero-order valence-electron chi connectivity index (χ0n) is 14.7. The van der Waals surface area contributed by atoms with E-state index in [9.17, 15) is 0 Å². The van der Waals surface area contributed by atoms with Crippen molar-refractivity contribution < 1.29 is 4.39 Å². The molecule has 0 saturated carbocycles. The van der Waals surface area contributed by atoms with Crippen LogP contribution in [0.3, 0.4) is 0 Å². The third-order valence-electron chi connectivity index (χ3n) is 5.58. The molecule has 0 amide bonds. The van der Waals surface area contributed by atoms with Gasteiger partial charge in [0.25, 0.3) is 0 Å². The molecule has 2 atom stereocenters. The second kappa shape index (κ2) is 6.48. The molecule has 4 rings (SSSR count). The van der Waals surface area contributed by atoms with Crippen LogP contribution in [0.2, 0.25) is 0 Å². The van der Waals surface area contributed by atoms with Crippen molar-refractivity contribution in [2.24, 2.45) is 11.8 Å². The van der Waals surface area contributed by atoms with E-state index in [1.807, 2.05) is 48.5 Å². The van der Waals surface area contributed by atoms with Crippen LogP contribution in [-0.4, -0.2) is 0 Å². The van der Waals surface area contributed by atoms with Gasteiger partial charge in [-0.05, 0) is 40.5 Å². The summed E-state index contributed by atoms with van der Waals surface area (Å²) in [6.45, 7) is 4.50. The van der Waals surface area contributed by atoms with Crippen LogP contribution >= 0.6 is 0 Å². The van der Waals surface area contributed by atoms with Crippen molar-refractivity contribution in [1.29, 1.82) is 0 Å². The molecule has 0 fully saturated rings. The topological polar surface area (TPSA) is 0 Å². The molecule has 3 aromatic carbocycles. The Morgan fingerprint density at radius 3 is 2.24 bits per heavy atom. The van der Waals surface area contributed by atoms with E-state index in [2.05, 4.69) is 38.1 Å². The Balaban J connectivity index is 1.86. The van der Waals surface area contributed by atoms with Crippen molar-refractivity contribution in [3.05, 3.63) is 95.3 Å². The summed E-state index contributed by atoms with van der Waals surface area (Å²) in [4.78, 5) is 0. The van der Waals surface area contributed by atoms with E-state index in [1.165, 1.54) is 11.1 Å². The predicted molar refractivity (Wildman–Crippen MR) is 102 cm³/mol. The lowest BCUT2D eigenvalue weighted by atomic mass is 9.79. The Kier molecular flexibility index (Phi) is 4.17. The fourth-order valence-electron chi connectivity index (χ4n) is 4.28. The van der Waals surface area contributed by atoms with Gasteiger partial charge in [0.05, 0.1) is 0 Å². The smallest absolute Gasteiger partial charge is 0.134 e. The monoisotopic (exact) mass is 330 g/mol. The molecule has 0 N–H and O–H groups in total. The first-order valence-electron chi connectivity index (χ1n) is 9.08. The first-order valence-corrected chi connectivity index (χ1v) is 9.08. The number of hydrogen-bond acceptors (Lipinski definition) is 0. The molecule has 1 aliphatic rings. The highest BCUT2D eigenvalue weighted by molar-refractivity contribution is 5.66. The minimum absolute atomic E-state index is 0.0685. The second-order valence-corrected chi connectivity index (χ2v) is 7.36. The average Bonchev–Trinajstić information content (AvgIpc) is 3.02. The van der Waals surface area contributed by atoms with Crippen molar-refractivity contribution in [1.82, 2.24) is 0 Å². The van der Waals surface area contributed by atoms with Crippen LogP contribution in [0, 0.1) is 17.7 Å². The highest BCUT2D eigenvalue weighted by Gasteiger charge is 2.36. The number of fused-ring (bicyclic) bond motifs is 1. The van der Waals surface area contributed by atoms with Crippen molar-refractivity contribution in [2.75, 3.05) is 0 Å². The molecule has 126 valence electrons. The Morgan fingerprint density at radius 2 is 1.48 bits per heavy atom. The van der Waals surface area contributed by atoms with Crippen LogP contribution in [0.25, 0.3) is 11.1 Å². The van der Waals surface area contributed by atoms with E-state index >= 15 is 4.39 Å². The number of rotatable bonds is 3. The number of hydrogen-bond donors (Lipinski definition) is 0. The summed E-state index contributed by atoms with van der Waals surface area (Å²) in [6, 6.07) is 24.3. The number of benzene rings is 3. The third kappa shape index (κ3) is 2.78. The van der Waals surface area contributed by atoms with Gasteiger partial charge in [0, 0.05) is 11.5 Å². The van der Waals surface area contributed by atoms with E-state index in [0.29, 0.717) is 17.4 Å². The van der Waals surface area contributed by atoms with Crippen LogP contribution in [0.1, 0.15) is 36.5 Å². The average molecular weight is 330 g/mol. The van der Waals surface area contributed by atoms with Gasteiger partial charge in [-0.3, -0.25) is 0 Å². The normalized spacial score (nSPS) is 19.2. The Morgan fingerprint density at radius 1 is 0.800 bits per heavy atom. The fourth-order valence-corrected chi connectivity index (χ4v) is 4.28. The first kappa shape index (κ1) is 16.1. The van der Waals surface area contributed by atoms with Crippen LogP contribution in [0.15, 0.2) is 72.8 Å². The van der Waals surface area contributed by atoms with Crippen molar-refractivity contribution in [3.63, 3.8) is 0 Å². The Hall–Kier alpha value is -2.41. The minimum Gasteiger partial charge on any atom is -0.206 e. The Bertz CT molecular complexity index is 880. The molecule has 1 heteroatoms. The molecule has 0 saturated heterocycles. The van der Waals surface area contributed by atoms with E-state index in [-0.39, 0.29) is 11.7 Å². The summed E-state index contributed by atoms with van der Waals surface area (Å²) in [7, 11) is 0. The van der Waals surface area contributed by atoms with Gasteiger partial charge in [-0.1, -0.05) is 86.6 Å². The lowest BCUT2D eigenvalue weighted by molar-refractivity contribution is 0.363. The molecule has 2 unspecified atom stereocenters. The SMILES string of the molecule is CC(C)C1Cc2ccccc2C1c1cccc(-c2ccccc2)c1F. The van der Waals surface area contributed by atoms with Gasteiger partial charge in [-0.2, -0.15) is 0 Å². The maximum atomic E-state index is 15.5. The standard InChI is InChI=1S/C24H23F/c1-16(2)22-15-18-11-6-7-12-19(18)23(22)21-14-8-13-20(24(21)25)17-9-4-3-5-10-17/h3-14,16,22-23H,15H2,1-2H3. The fraction of sp³-hybridized carbons (Fsp3) is 0.250. The summed E-state index contributed by atoms with van der Waals surface area (Å²) in [6.07, 6.45) is 1.04. The van der Waals surface area contributed by atoms with Crippen molar-refractivity contribution in [3.8, 4) is 11.1 Å². The molecule has 0 aromatic heterocycles. The van der Waals surface area contributed by atoms with Gasteiger partial charge < -0.3 is 0 Å². The predicted octanol–water partition coefficient (Wildman–Crippen LogP) is 6.45. The quantitative estimate of drug-likeness (QED) is 0.517. The molecule has 3 aromatic rings. The van der Waals surface area contributed by atoms with Crippen LogP contribution < -0.4 is 0 Å².